The normalized spacial score (nSPS) is 15.2. The summed E-state index contributed by atoms with van der Waals surface area (Å²) < 4.78 is 18.1. The van der Waals surface area contributed by atoms with E-state index >= 15 is 0 Å². The van der Waals surface area contributed by atoms with Gasteiger partial charge in [0.1, 0.15) is 6.61 Å². The van der Waals surface area contributed by atoms with Gasteiger partial charge in [0.25, 0.3) is 11.1 Å². The number of nitrogens with zero attached hydrogens (tertiary/aromatic N) is 1. The van der Waals surface area contributed by atoms with Gasteiger partial charge in [-0.05, 0) is 53.2 Å². The fourth-order valence-electron chi connectivity index (χ4n) is 2.69. The van der Waals surface area contributed by atoms with Gasteiger partial charge in [0, 0.05) is 16.1 Å². The quantitative estimate of drug-likeness (QED) is 0.401. The molecular weight excluding hydrogens is 538 g/mol. The first kappa shape index (κ1) is 22.9. The molecule has 1 fully saturated rings. The Kier molecular flexibility index (Phi) is 7.99. The molecular formula is C21H19Br2NO5S. The minimum Gasteiger partial charge on any atom is -0.493 e. The molecule has 158 valence electrons. The van der Waals surface area contributed by atoms with Crippen molar-refractivity contribution in [1.82, 2.24) is 4.90 Å². The molecule has 1 aliphatic rings. The van der Waals surface area contributed by atoms with Gasteiger partial charge in [0.05, 0.1) is 25.2 Å². The maximum absolute atomic E-state index is 12.5. The van der Waals surface area contributed by atoms with E-state index < -0.39 is 0 Å². The maximum atomic E-state index is 12.5. The maximum Gasteiger partial charge on any atom is 0.293 e. The van der Waals surface area contributed by atoms with Crippen LogP contribution < -0.4 is 9.47 Å². The van der Waals surface area contributed by atoms with E-state index in [0.717, 1.165) is 26.3 Å². The Morgan fingerprint density at radius 1 is 1.07 bits per heavy atom. The Bertz CT molecular complexity index is 978. The summed E-state index contributed by atoms with van der Waals surface area (Å²) in [5, 5.41) is -0.305. The molecule has 2 aromatic carbocycles. The summed E-state index contributed by atoms with van der Waals surface area (Å²) in [6.45, 7) is 0.910. The van der Waals surface area contributed by atoms with E-state index in [1.165, 1.54) is 12.0 Å². The number of thioether (sulfide) groups is 1. The van der Waals surface area contributed by atoms with Gasteiger partial charge in [-0.3, -0.25) is 14.5 Å². The molecule has 0 atom stereocenters. The second-order valence-electron chi connectivity index (χ2n) is 6.27. The summed E-state index contributed by atoms with van der Waals surface area (Å²) in [5.74, 6) is 0.765. The van der Waals surface area contributed by atoms with Crippen LogP contribution in [0.1, 0.15) is 11.1 Å². The average molecular weight is 557 g/mol. The highest BCUT2D eigenvalue weighted by Gasteiger charge is 2.34. The van der Waals surface area contributed by atoms with Crippen molar-refractivity contribution in [3.8, 4) is 11.5 Å². The van der Waals surface area contributed by atoms with Crippen molar-refractivity contribution in [2.75, 3.05) is 27.4 Å². The lowest BCUT2D eigenvalue weighted by Gasteiger charge is -2.13. The van der Waals surface area contributed by atoms with E-state index in [0.29, 0.717) is 35.2 Å². The number of ether oxygens (including phenoxy) is 3. The summed E-state index contributed by atoms with van der Waals surface area (Å²) >= 11 is 7.84. The first-order chi connectivity index (χ1) is 14.4. The highest BCUT2D eigenvalue weighted by Crippen LogP contribution is 2.38. The SMILES string of the molecule is COCCN1C(=O)S/C(=C/c2cc(OC)c(OCc3ccc(Br)cc3)cc2Br)C1=O. The summed E-state index contributed by atoms with van der Waals surface area (Å²) in [4.78, 5) is 26.2. The van der Waals surface area contributed by atoms with Gasteiger partial charge in [-0.1, -0.05) is 44.0 Å². The van der Waals surface area contributed by atoms with Crippen molar-refractivity contribution in [1.29, 1.82) is 0 Å². The monoisotopic (exact) mass is 555 g/mol. The van der Waals surface area contributed by atoms with Crippen LogP contribution >= 0.6 is 43.6 Å². The van der Waals surface area contributed by atoms with Crippen molar-refractivity contribution in [2.24, 2.45) is 0 Å². The van der Waals surface area contributed by atoms with Gasteiger partial charge in [0.15, 0.2) is 11.5 Å². The highest BCUT2D eigenvalue weighted by molar-refractivity contribution is 9.10. The Morgan fingerprint density at radius 2 is 1.80 bits per heavy atom. The molecule has 0 aliphatic carbocycles. The van der Waals surface area contributed by atoms with Crippen molar-refractivity contribution in [3.05, 3.63) is 61.4 Å². The third kappa shape index (κ3) is 5.46. The van der Waals surface area contributed by atoms with Crippen molar-refractivity contribution < 1.29 is 23.8 Å². The van der Waals surface area contributed by atoms with E-state index in [1.807, 2.05) is 24.3 Å². The number of imide groups is 1. The van der Waals surface area contributed by atoms with Crippen LogP contribution in [0.5, 0.6) is 11.5 Å². The van der Waals surface area contributed by atoms with Crippen LogP contribution in [0.3, 0.4) is 0 Å². The lowest BCUT2D eigenvalue weighted by Crippen LogP contribution is -2.31. The van der Waals surface area contributed by atoms with Gasteiger partial charge < -0.3 is 14.2 Å². The van der Waals surface area contributed by atoms with Gasteiger partial charge >= 0.3 is 0 Å². The van der Waals surface area contributed by atoms with Crippen molar-refractivity contribution in [3.63, 3.8) is 0 Å². The summed E-state index contributed by atoms with van der Waals surface area (Å²) in [5.41, 5.74) is 1.73. The Labute approximate surface area is 195 Å². The second-order valence-corrected chi connectivity index (χ2v) is 9.03. The fourth-order valence-corrected chi connectivity index (χ4v) is 4.25. The number of benzene rings is 2. The highest BCUT2D eigenvalue weighted by atomic mass is 79.9. The molecule has 1 aliphatic heterocycles. The number of methoxy groups -OCH3 is 2. The van der Waals surface area contributed by atoms with Crippen molar-refractivity contribution in [2.45, 2.75) is 6.61 Å². The fraction of sp³-hybridized carbons (Fsp3) is 0.238. The van der Waals surface area contributed by atoms with Crippen LogP contribution in [-0.2, 0) is 16.1 Å². The largest absolute Gasteiger partial charge is 0.493 e. The molecule has 0 aromatic heterocycles. The molecule has 0 unspecified atom stereocenters. The van der Waals surface area contributed by atoms with Crippen LogP contribution in [-0.4, -0.2) is 43.4 Å². The van der Waals surface area contributed by atoms with Gasteiger partial charge in [-0.2, -0.15) is 0 Å². The minimum absolute atomic E-state index is 0.228. The Balaban J connectivity index is 1.80. The van der Waals surface area contributed by atoms with E-state index in [2.05, 4.69) is 31.9 Å². The number of carbonyl (C=O) groups excluding carboxylic acids is 2. The standard InChI is InChI=1S/C21H19Br2NO5S/c1-27-8-7-24-20(25)19(30-21(24)26)10-14-9-17(28-2)18(11-16(14)23)29-12-13-3-5-15(22)6-4-13/h3-6,9-11H,7-8,12H2,1-2H3/b19-10+. The van der Waals surface area contributed by atoms with Gasteiger partial charge in [0.2, 0.25) is 0 Å². The summed E-state index contributed by atoms with van der Waals surface area (Å²) in [6, 6.07) is 11.4. The molecule has 0 radical (unpaired) electrons. The molecule has 1 saturated heterocycles. The zero-order chi connectivity index (χ0) is 21.7. The van der Waals surface area contributed by atoms with Gasteiger partial charge in [-0.15, -0.1) is 0 Å². The summed E-state index contributed by atoms with van der Waals surface area (Å²) in [6.07, 6.45) is 1.67. The molecule has 6 nitrogen and oxygen atoms in total. The lowest BCUT2D eigenvalue weighted by atomic mass is 10.1. The lowest BCUT2D eigenvalue weighted by molar-refractivity contribution is -0.123. The zero-order valence-electron chi connectivity index (χ0n) is 16.3. The van der Waals surface area contributed by atoms with Gasteiger partial charge in [-0.25, -0.2) is 0 Å². The summed E-state index contributed by atoms with van der Waals surface area (Å²) in [7, 11) is 3.08. The predicted molar refractivity (Wildman–Crippen MR) is 124 cm³/mol. The van der Waals surface area contributed by atoms with Crippen LogP contribution in [0.2, 0.25) is 0 Å². The topological polar surface area (TPSA) is 65.1 Å². The van der Waals surface area contributed by atoms with Crippen LogP contribution in [0.15, 0.2) is 50.2 Å². The minimum atomic E-state index is -0.330. The third-order valence-electron chi connectivity index (χ3n) is 4.27. The van der Waals surface area contributed by atoms with Crippen LogP contribution in [0, 0.1) is 0 Å². The van der Waals surface area contributed by atoms with E-state index in [1.54, 1.807) is 25.3 Å². The number of hydrogen-bond acceptors (Lipinski definition) is 6. The van der Waals surface area contributed by atoms with Crippen LogP contribution in [0.25, 0.3) is 6.08 Å². The van der Waals surface area contributed by atoms with Crippen molar-refractivity contribution >= 4 is 60.8 Å². The first-order valence-electron chi connectivity index (χ1n) is 8.92. The molecule has 0 N–H and O–H groups in total. The number of hydrogen-bond donors (Lipinski definition) is 0. The first-order valence-corrected chi connectivity index (χ1v) is 11.3. The molecule has 3 rings (SSSR count). The number of rotatable bonds is 8. The molecule has 0 saturated carbocycles. The van der Waals surface area contributed by atoms with E-state index in [-0.39, 0.29) is 17.7 Å². The third-order valence-corrected chi connectivity index (χ3v) is 6.39. The number of amides is 2. The molecule has 1 heterocycles. The second kappa shape index (κ2) is 10.5. The van der Waals surface area contributed by atoms with E-state index in [4.69, 9.17) is 14.2 Å². The number of halogens is 2. The molecule has 2 aromatic rings. The zero-order valence-corrected chi connectivity index (χ0v) is 20.3. The smallest absolute Gasteiger partial charge is 0.293 e. The Hall–Kier alpha value is -1.81. The van der Waals surface area contributed by atoms with E-state index in [9.17, 15) is 9.59 Å². The predicted octanol–water partition coefficient (Wildman–Crippen LogP) is 5.48. The molecule has 9 heteroatoms. The number of carbonyl (C=O) groups is 2. The molecule has 30 heavy (non-hydrogen) atoms. The molecule has 0 bridgehead atoms. The average Bonchev–Trinajstić information content (AvgIpc) is 3.00. The Morgan fingerprint density at radius 3 is 2.47 bits per heavy atom. The molecule has 2 amide bonds. The van der Waals surface area contributed by atoms with Crippen LogP contribution in [0.4, 0.5) is 4.79 Å². The molecule has 0 spiro atoms.